The topological polar surface area (TPSA) is 65.0 Å². The van der Waals surface area contributed by atoms with E-state index in [1.807, 2.05) is 19.2 Å². The Balaban J connectivity index is 1.63. The van der Waals surface area contributed by atoms with Gasteiger partial charge in [-0.05, 0) is 38.0 Å². The molecule has 5 nitrogen and oxygen atoms in total. The molecule has 5 heteroatoms. The summed E-state index contributed by atoms with van der Waals surface area (Å²) in [7, 11) is 0. The van der Waals surface area contributed by atoms with E-state index in [1.54, 1.807) is 6.20 Å². The standard InChI is InChI=1S/C18H20N4O/c1-18(23)6-9-22(10-7-18)14-4-2-3-13(11-14)16-12-20-17-15(21-16)5-8-19-17/h2-5,8,11-12,23H,6-7,9-10H2,1H3,(H,19,20). The molecule has 0 unspecified atom stereocenters. The molecule has 0 bridgehead atoms. The molecule has 0 amide bonds. The van der Waals surface area contributed by atoms with Gasteiger partial charge in [-0.3, -0.25) is 0 Å². The number of anilines is 1. The lowest BCUT2D eigenvalue weighted by atomic mass is 9.93. The predicted octanol–water partition coefficient (Wildman–Crippen LogP) is 2.98. The van der Waals surface area contributed by atoms with Gasteiger partial charge in [-0.1, -0.05) is 12.1 Å². The second-order valence-electron chi connectivity index (χ2n) is 6.50. The monoisotopic (exact) mass is 308 g/mol. The zero-order valence-corrected chi connectivity index (χ0v) is 13.2. The highest BCUT2D eigenvalue weighted by atomic mass is 16.3. The van der Waals surface area contributed by atoms with E-state index in [-0.39, 0.29) is 0 Å². The molecular weight excluding hydrogens is 288 g/mol. The second kappa shape index (κ2) is 5.35. The summed E-state index contributed by atoms with van der Waals surface area (Å²) in [5.74, 6) is 0. The number of benzene rings is 1. The molecule has 0 radical (unpaired) electrons. The summed E-state index contributed by atoms with van der Waals surface area (Å²) in [5, 5.41) is 10.1. The molecule has 0 saturated carbocycles. The molecule has 4 rings (SSSR count). The molecule has 23 heavy (non-hydrogen) atoms. The predicted molar refractivity (Wildman–Crippen MR) is 91.4 cm³/mol. The lowest BCUT2D eigenvalue weighted by Crippen LogP contribution is -2.42. The Labute approximate surface area is 135 Å². The van der Waals surface area contributed by atoms with Crippen molar-refractivity contribution >= 4 is 16.9 Å². The quantitative estimate of drug-likeness (QED) is 0.764. The molecule has 1 fully saturated rings. The van der Waals surface area contributed by atoms with Gasteiger partial charge >= 0.3 is 0 Å². The van der Waals surface area contributed by atoms with E-state index in [0.717, 1.165) is 48.4 Å². The molecule has 1 aromatic carbocycles. The SMILES string of the molecule is CC1(O)CCN(c2cccc(-c3cnc4[nH]ccc4n3)c2)CC1. The first-order chi connectivity index (χ1) is 11.1. The van der Waals surface area contributed by atoms with Crippen molar-refractivity contribution in [1.29, 1.82) is 0 Å². The molecule has 0 aliphatic carbocycles. The van der Waals surface area contributed by atoms with Gasteiger partial charge in [0, 0.05) is 30.5 Å². The van der Waals surface area contributed by atoms with E-state index in [1.165, 1.54) is 5.69 Å². The van der Waals surface area contributed by atoms with Crippen molar-refractivity contribution in [2.45, 2.75) is 25.4 Å². The summed E-state index contributed by atoms with van der Waals surface area (Å²) in [4.78, 5) is 14.5. The fourth-order valence-corrected chi connectivity index (χ4v) is 3.08. The Hall–Kier alpha value is -2.40. The molecule has 2 aromatic heterocycles. The van der Waals surface area contributed by atoms with E-state index in [0.29, 0.717) is 0 Å². The van der Waals surface area contributed by atoms with Gasteiger partial charge in [0.05, 0.1) is 17.5 Å². The van der Waals surface area contributed by atoms with Crippen LogP contribution in [-0.4, -0.2) is 38.7 Å². The van der Waals surface area contributed by atoms with Crippen LogP contribution >= 0.6 is 0 Å². The van der Waals surface area contributed by atoms with Crippen LogP contribution in [-0.2, 0) is 0 Å². The van der Waals surface area contributed by atoms with E-state index < -0.39 is 5.60 Å². The smallest absolute Gasteiger partial charge is 0.156 e. The van der Waals surface area contributed by atoms with Crippen LogP contribution in [0, 0.1) is 0 Å². The van der Waals surface area contributed by atoms with Crippen molar-refractivity contribution in [1.82, 2.24) is 15.0 Å². The number of nitrogens with zero attached hydrogens (tertiary/aromatic N) is 3. The lowest BCUT2D eigenvalue weighted by Gasteiger charge is -2.37. The van der Waals surface area contributed by atoms with Crippen molar-refractivity contribution in [3.8, 4) is 11.3 Å². The molecule has 118 valence electrons. The van der Waals surface area contributed by atoms with E-state index in [9.17, 15) is 5.11 Å². The summed E-state index contributed by atoms with van der Waals surface area (Å²) in [5.41, 5.74) is 4.27. The number of fused-ring (bicyclic) bond motifs is 1. The van der Waals surface area contributed by atoms with Gasteiger partial charge in [0.2, 0.25) is 0 Å². The van der Waals surface area contributed by atoms with Crippen LogP contribution in [0.2, 0.25) is 0 Å². The van der Waals surface area contributed by atoms with Gasteiger partial charge < -0.3 is 15.0 Å². The van der Waals surface area contributed by atoms with Crippen molar-refractivity contribution < 1.29 is 5.11 Å². The maximum absolute atomic E-state index is 10.1. The van der Waals surface area contributed by atoms with Crippen LogP contribution in [0.4, 0.5) is 5.69 Å². The average molecular weight is 308 g/mol. The Morgan fingerprint density at radius 3 is 2.87 bits per heavy atom. The number of hydrogen-bond acceptors (Lipinski definition) is 4. The van der Waals surface area contributed by atoms with Crippen molar-refractivity contribution in [3.05, 3.63) is 42.7 Å². The highest BCUT2D eigenvalue weighted by Crippen LogP contribution is 2.29. The zero-order chi connectivity index (χ0) is 15.9. The van der Waals surface area contributed by atoms with Crippen LogP contribution in [0.3, 0.4) is 0 Å². The molecule has 1 aliphatic rings. The largest absolute Gasteiger partial charge is 0.390 e. The Kier molecular flexibility index (Phi) is 3.31. The number of aliphatic hydroxyl groups is 1. The lowest BCUT2D eigenvalue weighted by molar-refractivity contribution is 0.0351. The first-order valence-electron chi connectivity index (χ1n) is 7.99. The van der Waals surface area contributed by atoms with Gasteiger partial charge in [-0.25, -0.2) is 9.97 Å². The van der Waals surface area contributed by atoms with E-state index in [2.05, 4.69) is 44.1 Å². The summed E-state index contributed by atoms with van der Waals surface area (Å²) in [6, 6.07) is 10.3. The van der Waals surface area contributed by atoms with Gasteiger partial charge in [-0.2, -0.15) is 0 Å². The second-order valence-corrected chi connectivity index (χ2v) is 6.50. The van der Waals surface area contributed by atoms with E-state index in [4.69, 9.17) is 0 Å². The number of aromatic amines is 1. The first-order valence-corrected chi connectivity index (χ1v) is 7.99. The molecule has 3 aromatic rings. The molecule has 1 saturated heterocycles. The van der Waals surface area contributed by atoms with Crippen molar-refractivity contribution in [2.24, 2.45) is 0 Å². The number of nitrogens with one attached hydrogen (secondary N) is 1. The maximum Gasteiger partial charge on any atom is 0.156 e. The third-order valence-corrected chi connectivity index (χ3v) is 4.61. The average Bonchev–Trinajstić information content (AvgIpc) is 3.02. The maximum atomic E-state index is 10.1. The Morgan fingerprint density at radius 1 is 1.22 bits per heavy atom. The van der Waals surface area contributed by atoms with Crippen LogP contribution in [0.25, 0.3) is 22.4 Å². The minimum Gasteiger partial charge on any atom is -0.390 e. The number of rotatable bonds is 2. The highest BCUT2D eigenvalue weighted by Gasteiger charge is 2.27. The number of piperidine rings is 1. The fourth-order valence-electron chi connectivity index (χ4n) is 3.08. The van der Waals surface area contributed by atoms with Gasteiger partial charge in [-0.15, -0.1) is 0 Å². The Morgan fingerprint density at radius 2 is 2.04 bits per heavy atom. The molecule has 1 aliphatic heterocycles. The summed E-state index contributed by atoms with van der Waals surface area (Å²) in [6.45, 7) is 3.67. The van der Waals surface area contributed by atoms with Gasteiger partial charge in [0.1, 0.15) is 5.52 Å². The minimum absolute atomic E-state index is 0.529. The third kappa shape index (κ3) is 2.80. The fraction of sp³-hybridized carbons (Fsp3) is 0.333. The van der Waals surface area contributed by atoms with Gasteiger partial charge in [0.15, 0.2) is 5.65 Å². The summed E-state index contributed by atoms with van der Waals surface area (Å²) < 4.78 is 0. The van der Waals surface area contributed by atoms with Crippen LogP contribution < -0.4 is 4.90 Å². The van der Waals surface area contributed by atoms with Crippen LogP contribution in [0.15, 0.2) is 42.7 Å². The summed E-state index contributed by atoms with van der Waals surface area (Å²) >= 11 is 0. The van der Waals surface area contributed by atoms with Crippen molar-refractivity contribution in [3.63, 3.8) is 0 Å². The molecular formula is C18H20N4O. The number of hydrogen-bond donors (Lipinski definition) is 2. The first kappa shape index (κ1) is 14.2. The number of H-pyrrole nitrogens is 1. The van der Waals surface area contributed by atoms with Gasteiger partial charge in [0.25, 0.3) is 0 Å². The van der Waals surface area contributed by atoms with Crippen LogP contribution in [0.1, 0.15) is 19.8 Å². The normalized spacial score (nSPS) is 17.6. The molecule has 0 spiro atoms. The number of aromatic nitrogens is 3. The van der Waals surface area contributed by atoms with E-state index >= 15 is 0 Å². The third-order valence-electron chi connectivity index (χ3n) is 4.61. The highest BCUT2D eigenvalue weighted by molar-refractivity contribution is 5.75. The Bertz CT molecular complexity index is 830. The molecule has 0 atom stereocenters. The molecule has 2 N–H and O–H groups in total. The zero-order valence-electron chi connectivity index (χ0n) is 13.2. The molecule has 3 heterocycles. The minimum atomic E-state index is -0.529. The van der Waals surface area contributed by atoms with Crippen molar-refractivity contribution in [2.75, 3.05) is 18.0 Å². The van der Waals surface area contributed by atoms with Crippen LogP contribution in [0.5, 0.6) is 0 Å². The summed E-state index contributed by atoms with van der Waals surface area (Å²) in [6.07, 6.45) is 5.25.